The van der Waals surface area contributed by atoms with E-state index in [1.807, 2.05) is 42.5 Å². The largest absolute Gasteiger partial charge is 0.382 e. The van der Waals surface area contributed by atoms with Gasteiger partial charge < -0.3 is 10.5 Å². The van der Waals surface area contributed by atoms with Crippen molar-refractivity contribution >= 4 is 16.9 Å². The second-order valence-electron chi connectivity index (χ2n) is 4.39. The van der Waals surface area contributed by atoms with E-state index in [-0.39, 0.29) is 0 Å². The van der Waals surface area contributed by atoms with Crippen LogP contribution in [0.25, 0.3) is 22.3 Å². The molecule has 1 aromatic carbocycles. The maximum absolute atomic E-state index is 5.97. The molecule has 3 aromatic rings. The van der Waals surface area contributed by atoms with Crippen LogP contribution in [-0.4, -0.2) is 22.1 Å². The molecule has 5 heteroatoms. The molecule has 0 spiro atoms. The van der Waals surface area contributed by atoms with E-state index in [9.17, 15) is 0 Å². The molecule has 3 rings (SSSR count). The van der Waals surface area contributed by atoms with Crippen LogP contribution in [0, 0.1) is 0 Å². The Balaban J connectivity index is 2.12. The highest BCUT2D eigenvalue weighted by Gasteiger charge is 2.08. The zero-order chi connectivity index (χ0) is 13.9. The Kier molecular flexibility index (Phi) is 3.26. The Bertz CT molecular complexity index is 743. The van der Waals surface area contributed by atoms with E-state index < -0.39 is 0 Å². The molecule has 0 bridgehead atoms. The third kappa shape index (κ3) is 2.31. The molecule has 2 heterocycles. The first kappa shape index (κ1) is 12.5. The lowest BCUT2D eigenvalue weighted by atomic mass is 10.1. The first-order chi connectivity index (χ1) is 9.78. The minimum absolute atomic E-state index is 0.334. The summed E-state index contributed by atoms with van der Waals surface area (Å²) in [7, 11) is 1.60. The lowest BCUT2D eigenvalue weighted by Crippen LogP contribution is -2.03. The van der Waals surface area contributed by atoms with Gasteiger partial charge in [0.25, 0.3) is 0 Å². The van der Waals surface area contributed by atoms with Gasteiger partial charge >= 0.3 is 0 Å². The molecule has 0 saturated carbocycles. The van der Waals surface area contributed by atoms with Gasteiger partial charge in [0.2, 0.25) is 0 Å². The number of methoxy groups -OCH3 is 1. The standard InChI is InChI=1S/C15H14N4O/c1-20-9-13-17-12-8-7-11(10-5-3-2-4-6-10)18-14(12)15(16)19-13/h2-8H,9H2,1H3,(H2,16,17,19). The van der Waals surface area contributed by atoms with Crippen LogP contribution in [0.4, 0.5) is 5.82 Å². The Morgan fingerprint density at radius 2 is 1.80 bits per heavy atom. The van der Waals surface area contributed by atoms with E-state index in [0.29, 0.717) is 23.8 Å². The van der Waals surface area contributed by atoms with Crippen LogP contribution in [0.15, 0.2) is 42.5 Å². The topological polar surface area (TPSA) is 73.9 Å². The van der Waals surface area contributed by atoms with Crippen LogP contribution >= 0.6 is 0 Å². The quantitative estimate of drug-likeness (QED) is 0.788. The SMILES string of the molecule is COCc1nc(N)c2nc(-c3ccccc3)ccc2n1. The second-order valence-corrected chi connectivity index (χ2v) is 4.39. The molecule has 5 nitrogen and oxygen atoms in total. The molecule has 0 aliphatic carbocycles. The molecule has 0 radical (unpaired) electrons. The van der Waals surface area contributed by atoms with Crippen LogP contribution in [0.5, 0.6) is 0 Å². The summed E-state index contributed by atoms with van der Waals surface area (Å²) in [4.78, 5) is 13.1. The van der Waals surface area contributed by atoms with Gasteiger partial charge in [0, 0.05) is 12.7 Å². The van der Waals surface area contributed by atoms with Crippen molar-refractivity contribution in [1.82, 2.24) is 15.0 Å². The number of anilines is 1. The fourth-order valence-corrected chi connectivity index (χ4v) is 2.05. The molecule has 0 atom stereocenters. The highest BCUT2D eigenvalue weighted by atomic mass is 16.5. The molecular weight excluding hydrogens is 252 g/mol. The van der Waals surface area contributed by atoms with Crippen molar-refractivity contribution in [3.63, 3.8) is 0 Å². The van der Waals surface area contributed by atoms with Gasteiger partial charge in [0.1, 0.15) is 12.1 Å². The number of rotatable bonds is 3. The number of nitrogens with zero attached hydrogens (tertiary/aromatic N) is 3. The van der Waals surface area contributed by atoms with Crippen LogP contribution in [0.2, 0.25) is 0 Å². The van der Waals surface area contributed by atoms with Gasteiger partial charge in [0.15, 0.2) is 11.6 Å². The molecule has 0 unspecified atom stereocenters. The molecule has 0 amide bonds. The Labute approximate surface area is 116 Å². The summed E-state index contributed by atoms with van der Waals surface area (Å²) >= 11 is 0. The van der Waals surface area contributed by atoms with Crippen LogP contribution in [0.3, 0.4) is 0 Å². The summed E-state index contributed by atoms with van der Waals surface area (Å²) in [5, 5.41) is 0. The highest BCUT2D eigenvalue weighted by molar-refractivity contribution is 5.86. The fraction of sp³-hybridized carbons (Fsp3) is 0.133. The van der Waals surface area contributed by atoms with E-state index in [1.165, 1.54) is 0 Å². The molecule has 2 aromatic heterocycles. The molecular formula is C15H14N4O. The van der Waals surface area contributed by atoms with Crippen molar-refractivity contribution in [3.8, 4) is 11.3 Å². The monoisotopic (exact) mass is 266 g/mol. The number of aromatic nitrogens is 3. The molecule has 20 heavy (non-hydrogen) atoms. The predicted octanol–water partition coefficient (Wildman–Crippen LogP) is 2.42. The summed E-state index contributed by atoms with van der Waals surface area (Å²) in [6.45, 7) is 0.334. The average molecular weight is 266 g/mol. The number of hydrogen-bond donors (Lipinski definition) is 1. The van der Waals surface area contributed by atoms with Crippen molar-refractivity contribution in [2.75, 3.05) is 12.8 Å². The van der Waals surface area contributed by atoms with E-state index in [4.69, 9.17) is 10.5 Å². The van der Waals surface area contributed by atoms with E-state index >= 15 is 0 Å². The Morgan fingerprint density at radius 1 is 1.00 bits per heavy atom. The number of hydrogen-bond acceptors (Lipinski definition) is 5. The van der Waals surface area contributed by atoms with Gasteiger partial charge in [-0.1, -0.05) is 30.3 Å². The van der Waals surface area contributed by atoms with Gasteiger partial charge in [-0.3, -0.25) is 0 Å². The minimum Gasteiger partial charge on any atom is -0.382 e. The van der Waals surface area contributed by atoms with Crippen molar-refractivity contribution in [1.29, 1.82) is 0 Å². The average Bonchev–Trinajstić information content (AvgIpc) is 2.48. The van der Waals surface area contributed by atoms with Crippen molar-refractivity contribution in [3.05, 3.63) is 48.3 Å². The number of ether oxygens (including phenoxy) is 1. The fourth-order valence-electron chi connectivity index (χ4n) is 2.05. The van der Waals surface area contributed by atoms with Crippen LogP contribution < -0.4 is 5.73 Å². The molecule has 0 aliphatic heterocycles. The third-order valence-corrected chi connectivity index (χ3v) is 2.96. The van der Waals surface area contributed by atoms with Crippen molar-refractivity contribution in [2.24, 2.45) is 0 Å². The van der Waals surface area contributed by atoms with E-state index in [2.05, 4.69) is 15.0 Å². The summed E-state index contributed by atoms with van der Waals surface area (Å²) in [5.41, 5.74) is 9.20. The number of pyridine rings is 1. The van der Waals surface area contributed by atoms with E-state index in [0.717, 1.165) is 16.8 Å². The lowest BCUT2D eigenvalue weighted by molar-refractivity contribution is 0.178. The van der Waals surface area contributed by atoms with Gasteiger partial charge in [-0.25, -0.2) is 15.0 Å². The Hall–Kier alpha value is -2.53. The zero-order valence-corrected chi connectivity index (χ0v) is 11.1. The maximum atomic E-state index is 5.97. The number of nitrogen functional groups attached to an aromatic ring is 1. The minimum atomic E-state index is 0.334. The normalized spacial score (nSPS) is 10.8. The summed E-state index contributed by atoms with van der Waals surface area (Å²) < 4.78 is 5.02. The second kappa shape index (κ2) is 5.22. The first-order valence-electron chi connectivity index (χ1n) is 6.25. The van der Waals surface area contributed by atoms with Crippen molar-refractivity contribution in [2.45, 2.75) is 6.61 Å². The Morgan fingerprint density at radius 3 is 2.55 bits per heavy atom. The maximum Gasteiger partial charge on any atom is 0.157 e. The number of fused-ring (bicyclic) bond motifs is 1. The van der Waals surface area contributed by atoms with Crippen LogP contribution in [0.1, 0.15) is 5.82 Å². The van der Waals surface area contributed by atoms with E-state index in [1.54, 1.807) is 7.11 Å². The first-order valence-corrected chi connectivity index (χ1v) is 6.25. The molecule has 0 fully saturated rings. The van der Waals surface area contributed by atoms with Gasteiger partial charge in [-0.2, -0.15) is 0 Å². The number of nitrogens with two attached hydrogens (primary N) is 1. The van der Waals surface area contributed by atoms with Gasteiger partial charge in [-0.05, 0) is 12.1 Å². The van der Waals surface area contributed by atoms with Gasteiger partial charge in [-0.15, -0.1) is 0 Å². The summed E-state index contributed by atoms with van der Waals surface area (Å²) in [6, 6.07) is 13.8. The molecule has 100 valence electrons. The zero-order valence-electron chi connectivity index (χ0n) is 11.1. The predicted molar refractivity (Wildman–Crippen MR) is 77.9 cm³/mol. The molecule has 2 N–H and O–H groups in total. The van der Waals surface area contributed by atoms with Gasteiger partial charge in [0.05, 0.1) is 11.2 Å². The number of benzene rings is 1. The summed E-state index contributed by atoms with van der Waals surface area (Å²) in [6.07, 6.45) is 0. The van der Waals surface area contributed by atoms with Crippen molar-refractivity contribution < 1.29 is 4.74 Å². The van der Waals surface area contributed by atoms with Crippen LogP contribution in [-0.2, 0) is 11.3 Å². The lowest BCUT2D eigenvalue weighted by Gasteiger charge is -2.06. The highest BCUT2D eigenvalue weighted by Crippen LogP contribution is 2.22. The summed E-state index contributed by atoms with van der Waals surface area (Å²) in [5.74, 6) is 0.937. The molecule has 0 aliphatic rings. The smallest absolute Gasteiger partial charge is 0.157 e. The third-order valence-electron chi connectivity index (χ3n) is 2.96. The molecule has 0 saturated heterocycles.